The second kappa shape index (κ2) is 8.72. The minimum absolute atomic E-state index is 0.174. The highest BCUT2D eigenvalue weighted by Gasteiger charge is 2.30. The predicted molar refractivity (Wildman–Crippen MR) is 116 cm³/mol. The number of aromatic nitrogens is 2. The second-order valence-electron chi connectivity index (χ2n) is 6.06. The standard InChI is InChI=1S/C18H17BrN4OS3/c19-12-4-1-5-13(10-12)20-17-21-22-18(27-17)26-11-16(24)23-8-2-6-14(23)15-7-3-9-25-15/h1,3-5,7,9-10,14H,2,6,8,11H2,(H,20,21). The molecule has 9 heteroatoms. The predicted octanol–water partition coefficient (Wildman–Crippen LogP) is 5.56. The topological polar surface area (TPSA) is 58.1 Å². The number of likely N-dealkylation sites (tertiary alicyclic amines) is 1. The van der Waals surface area contributed by atoms with Gasteiger partial charge in [0.05, 0.1) is 11.8 Å². The van der Waals surface area contributed by atoms with Gasteiger partial charge in [-0.15, -0.1) is 21.5 Å². The fourth-order valence-corrected chi connectivity index (χ4v) is 5.99. The third-order valence-electron chi connectivity index (χ3n) is 4.25. The Kier molecular flexibility index (Phi) is 6.11. The highest BCUT2D eigenvalue weighted by molar-refractivity contribution is 9.10. The summed E-state index contributed by atoms with van der Waals surface area (Å²) in [7, 11) is 0. The molecule has 0 spiro atoms. The first-order valence-electron chi connectivity index (χ1n) is 8.51. The molecular weight excluding hydrogens is 464 g/mol. The zero-order valence-electron chi connectivity index (χ0n) is 14.3. The van der Waals surface area contributed by atoms with E-state index in [4.69, 9.17) is 0 Å². The zero-order valence-corrected chi connectivity index (χ0v) is 18.3. The number of anilines is 2. The van der Waals surface area contributed by atoms with Crippen molar-refractivity contribution in [1.82, 2.24) is 15.1 Å². The van der Waals surface area contributed by atoms with Crippen molar-refractivity contribution >= 4 is 67.1 Å². The van der Waals surface area contributed by atoms with Gasteiger partial charge in [-0.1, -0.05) is 51.2 Å². The lowest BCUT2D eigenvalue weighted by Gasteiger charge is -2.23. The van der Waals surface area contributed by atoms with Crippen LogP contribution in [0.3, 0.4) is 0 Å². The van der Waals surface area contributed by atoms with E-state index in [9.17, 15) is 4.79 Å². The van der Waals surface area contributed by atoms with Gasteiger partial charge in [-0.3, -0.25) is 4.79 Å². The van der Waals surface area contributed by atoms with Crippen molar-refractivity contribution in [2.24, 2.45) is 0 Å². The number of thioether (sulfide) groups is 1. The van der Waals surface area contributed by atoms with E-state index in [1.165, 1.54) is 28.0 Å². The summed E-state index contributed by atoms with van der Waals surface area (Å²) < 4.78 is 1.80. The lowest BCUT2D eigenvalue weighted by Crippen LogP contribution is -2.31. The lowest BCUT2D eigenvalue weighted by atomic mass is 10.2. The molecule has 2 aromatic heterocycles. The van der Waals surface area contributed by atoms with Crippen LogP contribution in [0.5, 0.6) is 0 Å². The first-order chi connectivity index (χ1) is 13.2. The van der Waals surface area contributed by atoms with Crippen molar-refractivity contribution in [2.75, 3.05) is 17.6 Å². The molecule has 1 fully saturated rings. The Hall–Kier alpha value is -1.42. The van der Waals surface area contributed by atoms with Crippen molar-refractivity contribution < 1.29 is 4.79 Å². The maximum absolute atomic E-state index is 12.7. The molecule has 3 aromatic rings. The molecule has 1 N–H and O–H groups in total. The number of halogens is 1. The molecule has 1 aliphatic rings. The molecule has 3 heterocycles. The summed E-state index contributed by atoms with van der Waals surface area (Å²) in [4.78, 5) is 16.0. The summed E-state index contributed by atoms with van der Waals surface area (Å²) in [5.41, 5.74) is 0.948. The Balaban J connectivity index is 1.33. The van der Waals surface area contributed by atoms with Gasteiger partial charge in [0.2, 0.25) is 11.0 Å². The van der Waals surface area contributed by atoms with E-state index < -0.39 is 0 Å². The fourth-order valence-electron chi connectivity index (χ4n) is 3.06. The van der Waals surface area contributed by atoms with Crippen LogP contribution in [0.2, 0.25) is 0 Å². The molecule has 1 aliphatic heterocycles. The minimum atomic E-state index is 0.174. The molecule has 1 amide bonds. The molecule has 1 unspecified atom stereocenters. The molecule has 140 valence electrons. The number of benzene rings is 1. The summed E-state index contributed by atoms with van der Waals surface area (Å²) in [6.45, 7) is 0.841. The molecule has 27 heavy (non-hydrogen) atoms. The van der Waals surface area contributed by atoms with Crippen LogP contribution in [-0.2, 0) is 4.79 Å². The first kappa shape index (κ1) is 18.9. The number of hydrogen-bond acceptors (Lipinski definition) is 7. The first-order valence-corrected chi connectivity index (χ1v) is 12.0. The average Bonchev–Trinajstić information content (AvgIpc) is 3.40. The molecule has 1 atom stereocenters. The molecule has 0 saturated carbocycles. The normalized spacial score (nSPS) is 16.6. The van der Waals surface area contributed by atoms with Gasteiger partial charge in [0.1, 0.15) is 0 Å². The van der Waals surface area contributed by atoms with Crippen LogP contribution in [0.15, 0.2) is 50.6 Å². The van der Waals surface area contributed by atoms with Gasteiger partial charge in [-0.2, -0.15) is 0 Å². The van der Waals surface area contributed by atoms with E-state index in [2.05, 4.69) is 49.0 Å². The summed E-state index contributed by atoms with van der Waals surface area (Å²) in [5.74, 6) is 0.570. The molecule has 0 radical (unpaired) electrons. The molecule has 4 rings (SSSR count). The lowest BCUT2D eigenvalue weighted by molar-refractivity contribution is -0.129. The Morgan fingerprint density at radius 2 is 2.26 bits per heavy atom. The number of nitrogens with zero attached hydrogens (tertiary/aromatic N) is 3. The van der Waals surface area contributed by atoms with E-state index >= 15 is 0 Å². The Labute approximate surface area is 178 Å². The molecular formula is C18H17BrN4OS3. The molecule has 1 aromatic carbocycles. The van der Waals surface area contributed by atoms with Crippen LogP contribution < -0.4 is 5.32 Å². The van der Waals surface area contributed by atoms with Crippen LogP contribution >= 0.6 is 50.4 Å². The van der Waals surface area contributed by atoms with Gasteiger partial charge < -0.3 is 10.2 Å². The van der Waals surface area contributed by atoms with Crippen LogP contribution in [-0.4, -0.2) is 33.3 Å². The Morgan fingerprint density at radius 3 is 3.07 bits per heavy atom. The van der Waals surface area contributed by atoms with Gasteiger partial charge in [-0.25, -0.2) is 0 Å². The van der Waals surface area contributed by atoms with Gasteiger partial charge in [0.25, 0.3) is 0 Å². The number of carbonyl (C=O) groups is 1. The smallest absolute Gasteiger partial charge is 0.233 e. The van der Waals surface area contributed by atoms with E-state index in [-0.39, 0.29) is 11.9 Å². The zero-order chi connectivity index (χ0) is 18.6. The van der Waals surface area contributed by atoms with E-state index in [0.29, 0.717) is 5.75 Å². The molecule has 0 aliphatic carbocycles. The number of thiophene rings is 1. The monoisotopic (exact) mass is 480 g/mol. The number of nitrogens with one attached hydrogen (secondary N) is 1. The Bertz CT molecular complexity index is 915. The van der Waals surface area contributed by atoms with Gasteiger partial charge in [0.15, 0.2) is 4.34 Å². The maximum Gasteiger partial charge on any atom is 0.233 e. The summed E-state index contributed by atoms with van der Waals surface area (Å²) in [6, 6.07) is 12.3. The number of hydrogen-bond donors (Lipinski definition) is 1. The third-order valence-corrected chi connectivity index (χ3v) is 7.67. The fraction of sp³-hybridized carbons (Fsp3) is 0.278. The van der Waals surface area contributed by atoms with Crippen molar-refractivity contribution in [3.8, 4) is 0 Å². The highest BCUT2D eigenvalue weighted by Crippen LogP contribution is 2.35. The van der Waals surface area contributed by atoms with Crippen molar-refractivity contribution in [2.45, 2.75) is 23.2 Å². The maximum atomic E-state index is 12.7. The van der Waals surface area contributed by atoms with Crippen LogP contribution in [0.1, 0.15) is 23.8 Å². The van der Waals surface area contributed by atoms with Gasteiger partial charge in [0, 0.05) is 21.6 Å². The van der Waals surface area contributed by atoms with Crippen molar-refractivity contribution in [3.05, 3.63) is 51.1 Å². The largest absolute Gasteiger partial charge is 0.334 e. The number of carbonyl (C=O) groups excluding carboxylic acids is 1. The van der Waals surface area contributed by atoms with Crippen LogP contribution in [0.4, 0.5) is 10.8 Å². The highest BCUT2D eigenvalue weighted by atomic mass is 79.9. The summed E-state index contributed by atoms with van der Waals surface area (Å²) in [5, 5.41) is 14.4. The molecule has 0 bridgehead atoms. The molecule has 5 nitrogen and oxygen atoms in total. The second-order valence-corrected chi connectivity index (χ2v) is 10.2. The summed E-state index contributed by atoms with van der Waals surface area (Å²) in [6.07, 6.45) is 2.12. The third kappa shape index (κ3) is 4.71. The van der Waals surface area contributed by atoms with E-state index in [0.717, 1.165) is 39.0 Å². The molecule has 1 saturated heterocycles. The SMILES string of the molecule is O=C(CSc1nnc(Nc2cccc(Br)c2)s1)N1CCCC1c1cccs1. The van der Waals surface area contributed by atoms with Gasteiger partial charge in [-0.05, 0) is 42.5 Å². The number of rotatable bonds is 6. The van der Waals surface area contributed by atoms with Crippen LogP contribution in [0.25, 0.3) is 0 Å². The summed E-state index contributed by atoms with van der Waals surface area (Å²) >= 11 is 8.10. The Morgan fingerprint density at radius 1 is 1.33 bits per heavy atom. The van der Waals surface area contributed by atoms with E-state index in [1.54, 1.807) is 11.3 Å². The number of amides is 1. The van der Waals surface area contributed by atoms with Crippen molar-refractivity contribution in [1.29, 1.82) is 0 Å². The van der Waals surface area contributed by atoms with Crippen molar-refractivity contribution in [3.63, 3.8) is 0 Å². The quantitative estimate of drug-likeness (QED) is 0.467. The van der Waals surface area contributed by atoms with Gasteiger partial charge >= 0.3 is 0 Å². The van der Waals surface area contributed by atoms with E-state index in [1.807, 2.05) is 29.2 Å². The average molecular weight is 481 g/mol. The minimum Gasteiger partial charge on any atom is -0.334 e. The van der Waals surface area contributed by atoms with Crippen LogP contribution in [0, 0.1) is 0 Å².